The second kappa shape index (κ2) is 9.17. The van der Waals surface area contributed by atoms with Crippen LogP contribution in [0.1, 0.15) is 11.1 Å². The van der Waals surface area contributed by atoms with Gasteiger partial charge in [-0.25, -0.2) is 0 Å². The van der Waals surface area contributed by atoms with E-state index in [4.69, 9.17) is 18.9 Å². The van der Waals surface area contributed by atoms with Crippen LogP contribution in [0.25, 0.3) is 0 Å². The second-order valence-electron chi connectivity index (χ2n) is 5.02. The highest BCUT2D eigenvalue weighted by Gasteiger charge is 2.09. The normalized spacial score (nSPS) is 10.6. The van der Waals surface area contributed by atoms with E-state index in [0.717, 1.165) is 15.6 Å². The Kier molecular flexibility index (Phi) is 6.94. The lowest BCUT2D eigenvalue weighted by Crippen LogP contribution is -2.06. The molecule has 0 amide bonds. The van der Waals surface area contributed by atoms with Crippen LogP contribution in [-0.2, 0) is 6.54 Å². The van der Waals surface area contributed by atoms with Gasteiger partial charge in [0.1, 0.15) is 0 Å². The van der Waals surface area contributed by atoms with Crippen molar-refractivity contribution in [1.82, 2.24) is 5.43 Å². The number of benzene rings is 2. The molecule has 6 nitrogen and oxygen atoms in total. The van der Waals surface area contributed by atoms with Crippen LogP contribution < -0.4 is 24.4 Å². The molecule has 0 aliphatic rings. The van der Waals surface area contributed by atoms with Crippen molar-refractivity contribution >= 4 is 22.1 Å². The van der Waals surface area contributed by atoms with Crippen molar-refractivity contribution in [3.05, 3.63) is 45.9 Å². The fraction of sp³-hybridized carbons (Fsp3) is 0.278. The zero-order valence-electron chi connectivity index (χ0n) is 14.6. The lowest BCUT2D eigenvalue weighted by atomic mass is 10.2. The Morgan fingerprint density at radius 3 is 2.28 bits per heavy atom. The number of rotatable bonds is 8. The van der Waals surface area contributed by atoms with Crippen LogP contribution in [0.5, 0.6) is 23.0 Å². The zero-order chi connectivity index (χ0) is 18.2. The second-order valence-corrected chi connectivity index (χ2v) is 5.87. The molecule has 0 radical (unpaired) electrons. The molecule has 0 saturated carbocycles. The van der Waals surface area contributed by atoms with Gasteiger partial charge in [-0.15, -0.1) is 0 Å². The van der Waals surface area contributed by atoms with E-state index in [0.29, 0.717) is 29.5 Å². The molecule has 0 aliphatic heterocycles. The van der Waals surface area contributed by atoms with Crippen LogP contribution >= 0.6 is 15.9 Å². The average Bonchev–Trinajstić information content (AvgIpc) is 2.64. The maximum absolute atomic E-state index is 5.32. The zero-order valence-corrected chi connectivity index (χ0v) is 16.2. The van der Waals surface area contributed by atoms with E-state index < -0.39 is 0 Å². The van der Waals surface area contributed by atoms with Crippen molar-refractivity contribution in [2.75, 3.05) is 28.4 Å². The third-order valence-corrected chi connectivity index (χ3v) is 4.08. The highest BCUT2D eigenvalue weighted by Crippen LogP contribution is 2.35. The van der Waals surface area contributed by atoms with Crippen molar-refractivity contribution in [3.63, 3.8) is 0 Å². The van der Waals surface area contributed by atoms with E-state index in [-0.39, 0.29) is 0 Å². The first kappa shape index (κ1) is 18.9. The smallest absolute Gasteiger partial charge is 0.174 e. The first-order valence-electron chi connectivity index (χ1n) is 7.51. The highest BCUT2D eigenvalue weighted by atomic mass is 79.9. The molecule has 7 heteroatoms. The van der Waals surface area contributed by atoms with Crippen LogP contribution in [0.3, 0.4) is 0 Å². The van der Waals surface area contributed by atoms with Crippen molar-refractivity contribution in [2.45, 2.75) is 6.54 Å². The monoisotopic (exact) mass is 408 g/mol. The average molecular weight is 409 g/mol. The summed E-state index contributed by atoms with van der Waals surface area (Å²) in [6, 6.07) is 9.49. The number of hydrogen-bond acceptors (Lipinski definition) is 6. The Morgan fingerprint density at radius 1 is 0.920 bits per heavy atom. The Labute approximate surface area is 155 Å². The predicted molar refractivity (Wildman–Crippen MR) is 101 cm³/mol. The summed E-state index contributed by atoms with van der Waals surface area (Å²) in [4.78, 5) is 0. The number of hydrazone groups is 1. The van der Waals surface area contributed by atoms with Gasteiger partial charge >= 0.3 is 0 Å². The molecule has 0 spiro atoms. The predicted octanol–water partition coefficient (Wildman–Crippen LogP) is 3.61. The highest BCUT2D eigenvalue weighted by molar-refractivity contribution is 9.10. The van der Waals surface area contributed by atoms with Crippen LogP contribution in [0.2, 0.25) is 0 Å². The van der Waals surface area contributed by atoms with Gasteiger partial charge in [0.05, 0.1) is 45.7 Å². The Morgan fingerprint density at radius 2 is 1.64 bits per heavy atom. The molecule has 0 bridgehead atoms. The van der Waals surface area contributed by atoms with E-state index >= 15 is 0 Å². The molecule has 134 valence electrons. The number of methoxy groups -OCH3 is 4. The third-order valence-electron chi connectivity index (χ3n) is 3.49. The van der Waals surface area contributed by atoms with Gasteiger partial charge in [-0.2, -0.15) is 5.10 Å². The Balaban J connectivity index is 2.03. The van der Waals surface area contributed by atoms with Gasteiger partial charge in [-0.1, -0.05) is 6.07 Å². The Bertz CT molecular complexity index is 750. The Hall–Kier alpha value is -2.41. The molecule has 0 saturated heterocycles. The van der Waals surface area contributed by atoms with Gasteiger partial charge in [0, 0.05) is 0 Å². The van der Waals surface area contributed by atoms with E-state index in [1.807, 2.05) is 30.3 Å². The van der Waals surface area contributed by atoms with E-state index in [9.17, 15) is 0 Å². The van der Waals surface area contributed by atoms with Gasteiger partial charge in [-0.3, -0.25) is 0 Å². The summed E-state index contributed by atoms with van der Waals surface area (Å²) >= 11 is 3.46. The lowest BCUT2D eigenvalue weighted by molar-refractivity contribution is 0.353. The van der Waals surface area contributed by atoms with Crippen molar-refractivity contribution < 1.29 is 18.9 Å². The molecule has 2 aromatic rings. The molecule has 0 atom stereocenters. The van der Waals surface area contributed by atoms with Crippen molar-refractivity contribution in [3.8, 4) is 23.0 Å². The summed E-state index contributed by atoms with van der Waals surface area (Å²) in [6.45, 7) is 0.561. The molecule has 2 aromatic carbocycles. The molecule has 0 aromatic heterocycles. The number of nitrogens with zero attached hydrogens (tertiary/aromatic N) is 1. The van der Waals surface area contributed by atoms with Gasteiger partial charge in [0.2, 0.25) is 0 Å². The summed E-state index contributed by atoms with van der Waals surface area (Å²) in [7, 11) is 6.42. The molecular formula is C18H21BrN2O4. The molecule has 25 heavy (non-hydrogen) atoms. The topological polar surface area (TPSA) is 61.3 Å². The van der Waals surface area contributed by atoms with Crippen molar-refractivity contribution in [2.24, 2.45) is 5.10 Å². The summed E-state index contributed by atoms with van der Waals surface area (Å²) in [5.74, 6) is 2.68. The van der Waals surface area contributed by atoms with Gasteiger partial charge in [0.25, 0.3) is 0 Å². The van der Waals surface area contributed by atoms with Gasteiger partial charge in [-0.05, 0) is 51.3 Å². The molecule has 0 aliphatic carbocycles. The fourth-order valence-corrected chi connectivity index (χ4v) is 2.88. The maximum atomic E-state index is 5.32. The molecule has 0 fully saturated rings. The minimum atomic E-state index is 0.561. The van der Waals surface area contributed by atoms with Crippen LogP contribution in [0.4, 0.5) is 0 Å². The molecule has 2 rings (SSSR count). The lowest BCUT2D eigenvalue weighted by Gasteiger charge is -2.10. The largest absolute Gasteiger partial charge is 0.493 e. The summed E-state index contributed by atoms with van der Waals surface area (Å²) < 4.78 is 21.9. The van der Waals surface area contributed by atoms with Crippen LogP contribution in [0.15, 0.2) is 39.9 Å². The van der Waals surface area contributed by atoms with Crippen molar-refractivity contribution in [1.29, 1.82) is 0 Å². The minimum absolute atomic E-state index is 0.561. The minimum Gasteiger partial charge on any atom is -0.493 e. The maximum Gasteiger partial charge on any atom is 0.174 e. The summed E-state index contributed by atoms with van der Waals surface area (Å²) in [5, 5.41) is 4.24. The fourth-order valence-electron chi connectivity index (χ4n) is 2.26. The first-order valence-corrected chi connectivity index (χ1v) is 8.30. The van der Waals surface area contributed by atoms with Crippen LogP contribution in [-0.4, -0.2) is 34.7 Å². The molecular weight excluding hydrogens is 388 g/mol. The summed E-state index contributed by atoms with van der Waals surface area (Å²) in [6.07, 6.45) is 1.72. The van der Waals surface area contributed by atoms with Gasteiger partial charge < -0.3 is 24.4 Å². The molecule has 0 unspecified atom stereocenters. The number of halogens is 1. The molecule has 1 N–H and O–H groups in total. The number of nitrogens with one attached hydrogen (secondary N) is 1. The number of hydrogen-bond donors (Lipinski definition) is 1. The quantitative estimate of drug-likeness (QED) is 0.533. The first-order chi connectivity index (χ1) is 12.1. The van der Waals surface area contributed by atoms with Gasteiger partial charge in [0.15, 0.2) is 23.0 Å². The SMILES string of the molecule is COc1ccc(CN/N=C\c2cc(Br)c(OC)c(OC)c2)cc1OC. The molecule has 0 heterocycles. The van der Waals surface area contributed by atoms with Crippen LogP contribution in [0, 0.1) is 0 Å². The summed E-state index contributed by atoms with van der Waals surface area (Å²) in [5.41, 5.74) is 4.92. The number of ether oxygens (including phenoxy) is 4. The van der Waals surface area contributed by atoms with E-state index in [1.165, 1.54) is 0 Å². The third kappa shape index (κ3) is 4.79. The van der Waals surface area contributed by atoms with E-state index in [2.05, 4.69) is 26.5 Å². The van der Waals surface area contributed by atoms with E-state index in [1.54, 1.807) is 34.7 Å². The standard InChI is InChI=1S/C18H21BrN2O4/c1-22-15-6-5-12(8-16(15)23-2)10-20-21-11-13-7-14(19)18(25-4)17(9-13)24-3/h5-9,11,20H,10H2,1-4H3/b21-11-.